The average molecular weight is 358 g/mol. The van der Waals surface area contributed by atoms with Gasteiger partial charge in [0.05, 0.1) is 11.4 Å². The van der Waals surface area contributed by atoms with Crippen molar-refractivity contribution < 1.29 is 19.8 Å². The maximum Gasteiger partial charge on any atom is 0.303 e. The number of hydrogen-bond donors (Lipinski definition) is 2. The Hall–Kier alpha value is -3.16. The highest BCUT2D eigenvalue weighted by atomic mass is 16.4. The fraction of sp³-hybridized carbons (Fsp3) is 0.333. The van der Waals surface area contributed by atoms with Crippen LogP contribution in [0.2, 0.25) is 0 Å². The molecule has 0 spiro atoms. The standard InChI is InChI=1S/C10H8N4.C8H14O4/c1-5-11-6-2-9(1)13-14-10-3-7-12-8-4-10;9-7(10)5-3-1-2-4-6-8(11)12/h1-8H;1-6H2,(H,9,10)(H,11,12). The molecule has 0 saturated heterocycles. The first-order valence-corrected chi connectivity index (χ1v) is 8.23. The minimum atomic E-state index is -0.784. The lowest BCUT2D eigenvalue weighted by molar-refractivity contribution is -0.138. The molecule has 0 aromatic carbocycles. The number of carboxylic acid groups (broad SMARTS) is 2. The van der Waals surface area contributed by atoms with Crippen LogP contribution >= 0.6 is 0 Å². The van der Waals surface area contributed by atoms with Crippen molar-refractivity contribution in [3.8, 4) is 0 Å². The molecule has 0 saturated carbocycles. The fourth-order valence-electron chi connectivity index (χ4n) is 1.84. The summed E-state index contributed by atoms with van der Waals surface area (Å²) in [6.45, 7) is 0. The lowest BCUT2D eigenvalue weighted by Gasteiger charge is -1.96. The van der Waals surface area contributed by atoms with E-state index in [0.717, 1.165) is 24.2 Å². The second-order valence-corrected chi connectivity index (χ2v) is 5.31. The van der Waals surface area contributed by atoms with Crippen LogP contribution in [0, 0.1) is 0 Å². The van der Waals surface area contributed by atoms with Gasteiger partial charge in [0, 0.05) is 37.6 Å². The number of unbranched alkanes of at least 4 members (excludes halogenated alkanes) is 3. The van der Waals surface area contributed by atoms with Crippen molar-refractivity contribution in [1.82, 2.24) is 9.97 Å². The first kappa shape index (κ1) is 20.9. The summed E-state index contributed by atoms with van der Waals surface area (Å²) in [5.74, 6) is -1.57. The number of aliphatic carboxylic acids is 2. The lowest BCUT2D eigenvalue weighted by atomic mass is 10.1. The first-order chi connectivity index (χ1) is 12.6. The second kappa shape index (κ2) is 13.2. The highest BCUT2D eigenvalue weighted by Gasteiger charge is 1.98. The molecule has 138 valence electrons. The van der Waals surface area contributed by atoms with Gasteiger partial charge < -0.3 is 10.2 Å². The quantitative estimate of drug-likeness (QED) is 0.506. The van der Waals surface area contributed by atoms with Crippen LogP contribution in [-0.2, 0) is 9.59 Å². The summed E-state index contributed by atoms with van der Waals surface area (Å²) >= 11 is 0. The maximum atomic E-state index is 10.0. The van der Waals surface area contributed by atoms with Crippen molar-refractivity contribution >= 4 is 23.3 Å². The molecule has 26 heavy (non-hydrogen) atoms. The maximum absolute atomic E-state index is 10.0. The van der Waals surface area contributed by atoms with E-state index in [1.54, 1.807) is 49.1 Å². The third-order valence-electron chi connectivity index (χ3n) is 3.14. The van der Waals surface area contributed by atoms with Crippen LogP contribution in [0.5, 0.6) is 0 Å². The van der Waals surface area contributed by atoms with Crippen LogP contribution in [0.3, 0.4) is 0 Å². The van der Waals surface area contributed by atoms with Gasteiger partial charge in [0.15, 0.2) is 0 Å². The number of carbonyl (C=O) groups is 2. The van der Waals surface area contributed by atoms with Gasteiger partial charge in [0.1, 0.15) is 0 Å². The molecule has 0 aliphatic carbocycles. The van der Waals surface area contributed by atoms with Gasteiger partial charge in [-0.25, -0.2) is 0 Å². The summed E-state index contributed by atoms with van der Waals surface area (Å²) in [4.78, 5) is 27.9. The van der Waals surface area contributed by atoms with Crippen LogP contribution in [0.25, 0.3) is 0 Å². The zero-order valence-corrected chi connectivity index (χ0v) is 14.4. The summed E-state index contributed by atoms with van der Waals surface area (Å²) < 4.78 is 0. The molecule has 8 heteroatoms. The summed E-state index contributed by atoms with van der Waals surface area (Å²) in [6, 6.07) is 7.19. The zero-order valence-electron chi connectivity index (χ0n) is 14.4. The fourth-order valence-corrected chi connectivity index (χ4v) is 1.84. The van der Waals surface area contributed by atoms with Gasteiger partial charge in [-0.1, -0.05) is 12.8 Å². The number of carboxylic acids is 2. The zero-order chi connectivity index (χ0) is 19.0. The Balaban J connectivity index is 0.000000265. The normalized spacial score (nSPS) is 10.2. The molecule has 2 rings (SSSR count). The van der Waals surface area contributed by atoms with Gasteiger partial charge in [-0.2, -0.15) is 10.2 Å². The van der Waals surface area contributed by atoms with Gasteiger partial charge in [0.2, 0.25) is 0 Å². The molecule has 8 nitrogen and oxygen atoms in total. The van der Waals surface area contributed by atoms with Crippen LogP contribution in [0.1, 0.15) is 38.5 Å². The van der Waals surface area contributed by atoms with Crippen LogP contribution in [-0.4, -0.2) is 32.1 Å². The van der Waals surface area contributed by atoms with Crippen molar-refractivity contribution in [3.63, 3.8) is 0 Å². The van der Waals surface area contributed by atoms with Crippen LogP contribution < -0.4 is 0 Å². The second-order valence-electron chi connectivity index (χ2n) is 5.31. The molecular formula is C18H22N4O4. The Kier molecular flexibility index (Phi) is 10.6. The highest BCUT2D eigenvalue weighted by Crippen LogP contribution is 2.15. The molecule has 0 amide bonds. The third-order valence-corrected chi connectivity index (χ3v) is 3.14. The largest absolute Gasteiger partial charge is 0.481 e. The molecule has 2 aromatic rings. The molecular weight excluding hydrogens is 336 g/mol. The molecule has 0 radical (unpaired) electrons. The molecule has 0 bridgehead atoms. The first-order valence-electron chi connectivity index (χ1n) is 8.23. The van der Waals surface area contributed by atoms with Gasteiger partial charge in [-0.05, 0) is 37.1 Å². The molecule has 0 aliphatic rings. The molecule has 0 atom stereocenters. The molecule has 2 aromatic heterocycles. The topological polar surface area (TPSA) is 125 Å². The Bertz CT molecular complexity index is 619. The number of aromatic nitrogens is 2. The minimum absolute atomic E-state index is 0.188. The van der Waals surface area contributed by atoms with E-state index in [2.05, 4.69) is 20.2 Å². The van der Waals surface area contributed by atoms with Crippen LogP contribution in [0.4, 0.5) is 11.4 Å². The van der Waals surface area contributed by atoms with Gasteiger partial charge in [0.25, 0.3) is 0 Å². The van der Waals surface area contributed by atoms with Crippen molar-refractivity contribution in [3.05, 3.63) is 49.1 Å². The molecule has 2 heterocycles. The number of hydrogen-bond acceptors (Lipinski definition) is 6. The monoisotopic (exact) mass is 358 g/mol. The van der Waals surface area contributed by atoms with Crippen molar-refractivity contribution in [1.29, 1.82) is 0 Å². The van der Waals surface area contributed by atoms with E-state index in [0.29, 0.717) is 12.8 Å². The summed E-state index contributed by atoms with van der Waals surface area (Å²) in [6.07, 6.45) is 10.0. The van der Waals surface area contributed by atoms with Gasteiger partial charge >= 0.3 is 11.9 Å². The predicted molar refractivity (Wildman–Crippen MR) is 95.6 cm³/mol. The lowest BCUT2D eigenvalue weighted by Crippen LogP contribution is -1.95. The molecule has 2 N–H and O–H groups in total. The highest BCUT2D eigenvalue weighted by molar-refractivity contribution is 5.66. The van der Waals surface area contributed by atoms with Crippen molar-refractivity contribution in [2.24, 2.45) is 10.2 Å². The summed E-state index contributed by atoms with van der Waals surface area (Å²) in [5.41, 5.74) is 1.58. The van der Waals surface area contributed by atoms with Crippen molar-refractivity contribution in [2.45, 2.75) is 38.5 Å². The van der Waals surface area contributed by atoms with Gasteiger partial charge in [-0.3, -0.25) is 19.6 Å². The van der Waals surface area contributed by atoms with E-state index in [-0.39, 0.29) is 12.8 Å². The Morgan fingerprint density at radius 3 is 1.35 bits per heavy atom. The molecule has 0 unspecified atom stereocenters. The van der Waals surface area contributed by atoms with Crippen molar-refractivity contribution in [2.75, 3.05) is 0 Å². The van der Waals surface area contributed by atoms with E-state index in [4.69, 9.17) is 10.2 Å². The van der Waals surface area contributed by atoms with E-state index < -0.39 is 11.9 Å². The third kappa shape index (κ3) is 11.4. The smallest absolute Gasteiger partial charge is 0.303 e. The van der Waals surface area contributed by atoms with Gasteiger partial charge in [-0.15, -0.1) is 0 Å². The van der Waals surface area contributed by atoms with Crippen LogP contribution in [0.15, 0.2) is 59.3 Å². The predicted octanol–water partition coefficient (Wildman–Crippen LogP) is 4.39. The Morgan fingerprint density at radius 1 is 0.692 bits per heavy atom. The average Bonchev–Trinajstić information content (AvgIpc) is 2.65. The summed E-state index contributed by atoms with van der Waals surface area (Å²) in [5, 5.41) is 24.6. The van der Waals surface area contributed by atoms with E-state index in [1.165, 1.54) is 0 Å². The van der Waals surface area contributed by atoms with E-state index in [1.807, 2.05) is 0 Å². The van der Waals surface area contributed by atoms with E-state index >= 15 is 0 Å². The number of rotatable bonds is 9. The Morgan fingerprint density at radius 2 is 1.04 bits per heavy atom. The number of nitrogens with zero attached hydrogens (tertiary/aromatic N) is 4. The summed E-state index contributed by atoms with van der Waals surface area (Å²) in [7, 11) is 0. The number of azo groups is 1. The molecule has 0 aliphatic heterocycles. The minimum Gasteiger partial charge on any atom is -0.481 e. The SMILES string of the molecule is O=C(O)CCCCCCC(=O)O.c1cc(N=Nc2ccncc2)ccn1. The molecule has 0 fully saturated rings. The number of pyridine rings is 2. The van der Waals surface area contributed by atoms with E-state index in [9.17, 15) is 9.59 Å². The Labute approximate surface area is 151 Å².